The number of hydrogen-bond donors (Lipinski definition) is 3. The second-order valence-electron chi connectivity index (χ2n) is 9.91. The van der Waals surface area contributed by atoms with Gasteiger partial charge in [-0.3, -0.25) is 4.79 Å². The second-order valence-corrected chi connectivity index (χ2v) is 9.91. The van der Waals surface area contributed by atoms with Crippen molar-refractivity contribution in [3.05, 3.63) is 36.5 Å². The summed E-state index contributed by atoms with van der Waals surface area (Å²) in [6, 6.07) is 3.40. The van der Waals surface area contributed by atoms with Gasteiger partial charge >= 0.3 is 5.97 Å². The molecule has 3 N–H and O–H groups in total. The average molecular weight is 463 g/mol. The molecule has 0 saturated heterocycles. The first kappa shape index (κ1) is 21.1. The van der Waals surface area contributed by atoms with Crippen molar-refractivity contribution < 1.29 is 14.3 Å². The Morgan fingerprint density at radius 1 is 1.21 bits per heavy atom. The van der Waals surface area contributed by atoms with E-state index in [1.807, 2.05) is 12.3 Å². The summed E-state index contributed by atoms with van der Waals surface area (Å²) in [5.41, 5.74) is 1.97. The normalized spacial score (nSPS) is 24.4. The Labute approximate surface area is 195 Å². The molecule has 4 heterocycles. The van der Waals surface area contributed by atoms with E-state index >= 15 is 0 Å². The van der Waals surface area contributed by atoms with E-state index in [4.69, 9.17) is 9.97 Å². The maximum Gasteiger partial charge on any atom is 0.308 e. The van der Waals surface area contributed by atoms with Gasteiger partial charge < -0.3 is 20.0 Å². The van der Waals surface area contributed by atoms with Crippen LogP contribution in [-0.2, 0) is 4.79 Å². The van der Waals surface area contributed by atoms with Crippen LogP contribution in [0.4, 0.5) is 10.2 Å². The average Bonchev–Trinajstić information content (AvgIpc) is 3.43. The van der Waals surface area contributed by atoms with Gasteiger partial charge in [0, 0.05) is 35.4 Å². The highest BCUT2D eigenvalue weighted by Crippen LogP contribution is 2.47. The molecule has 3 aliphatic rings. The molecule has 176 valence electrons. The predicted molar refractivity (Wildman–Crippen MR) is 127 cm³/mol. The van der Waals surface area contributed by atoms with E-state index in [1.54, 1.807) is 6.20 Å². The van der Waals surface area contributed by atoms with E-state index in [0.717, 1.165) is 36.7 Å². The van der Waals surface area contributed by atoms with Crippen LogP contribution in [-0.4, -0.2) is 41.6 Å². The quantitative estimate of drug-likeness (QED) is 0.385. The summed E-state index contributed by atoms with van der Waals surface area (Å²) in [4.78, 5) is 29.1. The lowest BCUT2D eigenvalue weighted by Gasteiger charge is -2.47. The number of fused-ring (bicyclic) bond motifs is 5. The first-order valence-electron chi connectivity index (χ1n) is 11.9. The van der Waals surface area contributed by atoms with Crippen molar-refractivity contribution >= 4 is 33.9 Å². The maximum atomic E-state index is 14.0. The number of nitrogens with one attached hydrogen (secondary N) is 2. The van der Waals surface area contributed by atoms with Crippen molar-refractivity contribution in [2.24, 2.45) is 17.8 Å². The fourth-order valence-corrected chi connectivity index (χ4v) is 6.01. The van der Waals surface area contributed by atoms with Gasteiger partial charge in [0.2, 0.25) is 0 Å². The van der Waals surface area contributed by atoms with Crippen LogP contribution in [0.3, 0.4) is 0 Å². The van der Waals surface area contributed by atoms with Crippen LogP contribution in [0, 0.1) is 23.6 Å². The molecule has 0 amide bonds. The highest BCUT2D eigenvalue weighted by atomic mass is 19.1. The molecule has 3 saturated carbocycles. The lowest BCUT2D eigenvalue weighted by molar-refractivity contribution is -0.148. The van der Waals surface area contributed by atoms with Crippen LogP contribution in [0.1, 0.15) is 45.6 Å². The topological polar surface area (TPSA) is 109 Å². The summed E-state index contributed by atoms with van der Waals surface area (Å²) in [6.07, 6.45) is 8.92. The van der Waals surface area contributed by atoms with Crippen LogP contribution < -0.4 is 5.32 Å². The minimum Gasteiger partial charge on any atom is -0.481 e. The van der Waals surface area contributed by atoms with Crippen LogP contribution in [0.5, 0.6) is 0 Å². The predicted octanol–water partition coefficient (Wildman–Crippen LogP) is 5.00. The van der Waals surface area contributed by atoms with E-state index < -0.39 is 17.7 Å². The number of carboxylic acids is 1. The Hall–Kier alpha value is -3.49. The first-order valence-corrected chi connectivity index (χ1v) is 11.9. The molecule has 0 aliphatic heterocycles. The summed E-state index contributed by atoms with van der Waals surface area (Å²) >= 11 is 0. The van der Waals surface area contributed by atoms with Crippen molar-refractivity contribution in [2.75, 3.05) is 5.32 Å². The smallest absolute Gasteiger partial charge is 0.308 e. The molecule has 9 heteroatoms. The molecule has 2 bridgehead atoms. The number of H-pyrrole nitrogens is 1. The molecular weight excluding hydrogens is 435 g/mol. The van der Waals surface area contributed by atoms with E-state index in [-0.39, 0.29) is 18.0 Å². The van der Waals surface area contributed by atoms with Crippen LogP contribution in [0.2, 0.25) is 0 Å². The molecule has 0 aromatic carbocycles. The Kier molecular flexibility index (Phi) is 4.82. The van der Waals surface area contributed by atoms with Crippen molar-refractivity contribution in [3.8, 4) is 11.4 Å². The molecule has 0 spiro atoms. The highest BCUT2D eigenvalue weighted by molar-refractivity contribution is 5.95. The third-order valence-electron chi connectivity index (χ3n) is 7.67. The molecule has 0 radical (unpaired) electrons. The molecular formula is C25H27FN6O2. The standard InChI is InChI=1S/C25H27FN6O2/c1-12(2)32-8-7-16-22(29-20-14-5-3-13(4-6-14)19(20)25(33)34)30-23(31-24(16)32)18-11-28-21-17(18)9-15(26)10-27-21/h7-14,19-20H,3-6H2,1-2H3,(H,27,28)(H,33,34)(H,29,30,31)/t13?,14?,19-,20-/m0/s1. The number of pyridine rings is 1. The molecule has 4 aromatic heterocycles. The number of carbonyl (C=O) groups is 1. The van der Waals surface area contributed by atoms with Gasteiger partial charge in [0.05, 0.1) is 17.5 Å². The largest absolute Gasteiger partial charge is 0.481 e. The van der Waals surface area contributed by atoms with Gasteiger partial charge in [-0.2, -0.15) is 0 Å². The summed E-state index contributed by atoms with van der Waals surface area (Å²) in [5.74, 6) is -0.0300. The maximum absolute atomic E-state index is 14.0. The third kappa shape index (κ3) is 3.25. The lowest BCUT2D eigenvalue weighted by Crippen LogP contribution is -2.51. The van der Waals surface area contributed by atoms with Gasteiger partial charge in [-0.1, -0.05) is 0 Å². The van der Waals surface area contributed by atoms with E-state index in [9.17, 15) is 14.3 Å². The van der Waals surface area contributed by atoms with Gasteiger partial charge in [0.1, 0.15) is 22.9 Å². The number of aromatic nitrogens is 5. The highest BCUT2D eigenvalue weighted by Gasteiger charge is 2.47. The van der Waals surface area contributed by atoms with E-state index in [0.29, 0.717) is 34.2 Å². The summed E-state index contributed by atoms with van der Waals surface area (Å²) < 4.78 is 16.1. The number of rotatable bonds is 5. The van der Waals surface area contributed by atoms with Crippen LogP contribution in [0.25, 0.3) is 33.5 Å². The number of aromatic amines is 1. The summed E-state index contributed by atoms with van der Waals surface area (Å²) in [6.45, 7) is 4.17. The minimum atomic E-state index is -0.740. The van der Waals surface area contributed by atoms with Gasteiger partial charge in [0.25, 0.3) is 0 Å². The summed E-state index contributed by atoms with van der Waals surface area (Å²) in [5, 5.41) is 15.0. The molecule has 2 atom stereocenters. The van der Waals surface area contributed by atoms with Crippen LogP contribution >= 0.6 is 0 Å². The zero-order valence-electron chi connectivity index (χ0n) is 19.1. The zero-order valence-corrected chi connectivity index (χ0v) is 19.1. The number of nitrogens with zero attached hydrogens (tertiary/aromatic N) is 4. The fraction of sp³-hybridized carbons (Fsp3) is 0.440. The molecule has 8 nitrogen and oxygen atoms in total. The SMILES string of the molecule is CC(C)n1ccc2c(N[C@H]3C4CCC(CC4)[C@@H]3C(=O)O)nc(-c3c[nH]c4ncc(F)cc34)nc21. The number of halogens is 1. The van der Waals surface area contributed by atoms with Gasteiger partial charge in [0.15, 0.2) is 5.82 Å². The van der Waals surface area contributed by atoms with Gasteiger partial charge in [-0.15, -0.1) is 0 Å². The molecule has 7 rings (SSSR count). The molecule has 4 aromatic rings. The van der Waals surface area contributed by atoms with Crippen molar-refractivity contribution in [1.82, 2.24) is 24.5 Å². The third-order valence-corrected chi connectivity index (χ3v) is 7.67. The molecule has 3 aliphatic carbocycles. The van der Waals surface area contributed by atoms with Crippen molar-refractivity contribution in [3.63, 3.8) is 0 Å². The molecule has 0 unspecified atom stereocenters. The molecule has 34 heavy (non-hydrogen) atoms. The van der Waals surface area contributed by atoms with Crippen LogP contribution in [0.15, 0.2) is 30.7 Å². The fourth-order valence-electron chi connectivity index (χ4n) is 6.01. The number of hydrogen-bond acceptors (Lipinski definition) is 5. The first-order chi connectivity index (χ1) is 16.4. The Morgan fingerprint density at radius 2 is 1.97 bits per heavy atom. The monoisotopic (exact) mass is 462 g/mol. The summed E-state index contributed by atoms with van der Waals surface area (Å²) in [7, 11) is 0. The Bertz CT molecular complexity index is 1400. The van der Waals surface area contributed by atoms with E-state index in [2.05, 4.69) is 33.7 Å². The molecule has 3 fully saturated rings. The Balaban J connectivity index is 1.51. The minimum absolute atomic E-state index is 0.174. The number of anilines is 1. The second kappa shape index (κ2) is 7.78. The van der Waals surface area contributed by atoms with E-state index in [1.165, 1.54) is 12.3 Å². The number of carboxylic acid groups (broad SMARTS) is 1. The number of aliphatic carboxylic acids is 1. The van der Waals surface area contributed by atoms with Gasteiger partial charge in [-0.25, -0.2) is 19.3 Å². The van der Waals surface area contributed by atoms with Crippen molar-refractivity contribution in [1.29, 1.82) is 0 Å². The van der Waals surface area contributed by atoms with Gasteiger partial charge in [-0.05, 0) is 63.5 Å². The Morgan fingerprint density at radius 3 is 2.71 bits per heavy atom. The van der Waals surface area contributed by atoms with Crippen molar-refractivity contribution in [2.45, 2.75) is 51.6 Å². The zero-order chi connectivity index (χ0) is 23.6. The lowest BCUT2D eigenvalue weighted by atomic mass is 9.61.